The highest BCUT2D eigenvalue weighted by molar-refractivity contribution is 4.81. The minimum Gasteiger partial charge on any atom is -0.317 e. The van der Waals surface area contributed by atoms with Crippen LogP contribution in [0.1, 0.15) is 32.6 Å². The summed E-state index contributed by atoms with van der Waals surface area (Å²) in [4.78, 5) is 2.86. The highest BCUT2D eigenvalue weighted by atomic mass is 15.1. The van der Waals surface area contributed by atoms with Crippen LogP contribution in [0.15, 0.2) is 5.11 Å². The summed E-state index contributed by atoms with van der Waals surface area (Å²) in [5.41, 5.74) is 8.29. The Morgan fingerprint density at radius 1 is 1.38 bits per heavy atom. The summed E-state index contributed by atoms with van der Waals surface area (Å²) >= 11 is 0. The first-order valence-corrected chi connectivity index (χ1v) is 4.99. The largest absolute Gasteiger partial charge is 0.317 e. The molecule has 0 aromatic rings. The molecule has 0 saturated heterocycles. The molecule has 1 rings (SSSR count). The maximum absolute atomic E-state index is 8.29. The average molecular weight is 182 g/mol. The molecule has 0 spiro atoms. The van der Waals surface area contributed by atoms with Gasteiger partial charge in [0.2, 0.25) is 0 Å². The summed E-state index contributed by atoms with van der Waals surface area (Å²) in [5.74, 6) is 0.759. The van der Waals surface area contributed by atoms with Gasteiger partial charge < -0.3 is 5.32 Å². The fourth-order valence-electron chi connectivity index (χ4n) is 2.03. The smallest absolute Gasteiger partial charge is 0.0374 e. The predicted octanol–water partition coefficient (Wildman–Crippen LogP) is 2.46. The van der Waals surface area contributed by atoms with E-state index in [-0.39, 0.29) is 6.04 Å². The van der Waals surface area contributed by atoms with Gasteiger partial charge in [0.05, 0.1) is 0 Å². The second kappa shape index (κ2) is 5.10. The maximum atomic E-state index is 8.29. The monoisotopic (exact) mass is 182 g/mol. The van der Waals surface area contributed by atoms with Gasteiger partial charge in [-0.3, -0.25) is 0 Å². The van der Waals surface area contributed by atoms with E-state index in [1.54, 1.807) is 0 Å². The second-order valence-electron chi connectivity index (χ2n) is 3.85. The molecule has 0 bridgehead atoms. The number of nitrogens with one attached hydrogen (secondary N) is 1. The number of azide groups is 1. The number of hydrogen-bond donors (Lipinski definition) is 1. The van der Waals surface area contributed by atoms with Gasteiger partial charge in [-0.25, -0.2) is 0 Å². The van der Waals surface area contributed by atoms with Crippen LogP contribution in [0.25, 0.3) is 10.4 Å². The van der Waals surface area contributed by atoms with Crippen molar-refractivity contribution in [2.24, 2.45) is 11.0 Å². The van der Waals surface area contributed by atoms with Crippen LogP contribution in [-0.2, 0) is 0 Å². The first kappa shape index (κ1) is 10.4. The van der Waals surface area contributed by atoms with Gasteiger partial charge in [-0.15, -0.1) is 0 Å². The minimum absolute atomic E-state index is 0.255. The van der Waals surface area contributed by atoms with E-state index in [4.69, 9.17) is 5.53 Å². The maximum Gasteiger partial charge on any atom is 0.0374 e. The van der Waals surface area contributed by atoms with Crippen LogP contribution in [-0.4, -0.2) is 19.1 Å². The highest BCUT2D eigenvalue weighted by Gasteiger charge is 2.23. The van der Waals surface area contributed by atoms with Crippen molar-refractivity contribution in [2.45, 2.75) is 44.7 Å². The number of rotatable bonds is 3. The van der Waals surface area contributed by atoms with E-state index < -0.39 is 0 Å². The molecule has 0 aromatic carbocycles. The SMILES string of the molecule is CNC(C)C1CCC(N=[N+]=[N-])CC1. The van der Waals surface area contributed by atoms with Gasteiger partial charge in [0.25, 0.3) is 0 Å². The topological polar surface area (TPSA) is 60.8 Å². The Balaban J connectivity index is 2.34. The Bertz CT molecular complexity index is 190. The van der Waals surface area contributed by atoms with Gasteiger partial charge in [-0.2, -0.15) is 0 Å². The average Bonchev–Trinajstić information content (AvgIpc) is 2.18. The summed E-state index contributed by atoms with van der Waals surface area (Å²) < 4.78 is 0. The Kier molecular flexibility index (Phi) is 4.06. The third kappa shape index (κ3) is 2.90. The highest BCUT2D eigenvalue weighted by Crippen LogP contribution is 2.28. The predicted molar refractivity (Wildman–Crippen MR) is 53.4 cm³/mol. The molecular formula is C9H18N4. The lowest BCUT2D eigenvalue weighted by molar-refractivity contribution is 0.271. The summed E-state index contributed by atoms with van der Waals surface area (Å²) in [6.45, 7) is 2.22. The summed E-state index contributed by atoms with van der Waals surface area (Å²) in [6.07, 6.45) is 4.48. The Hall–Kier alpha value is -0.730. The van der Waals surface area contributed by atoms with Crippen molar-refractivity contribution in [1.82, 2.24) is 5.32 Å². The Labute approximate surface area is 79.3 Å². The molecule has 1 unspecified atom stereocenters. The lowest BCUT2D eigenvalue weighted by Gasteiger charge is -2.30. The summed E-state index contributed by atoms with van der Waals surface area (Å²) in [7, 11) is 2.00. The standard InChI is InChI=1S/C9H18N4/c1-7(11-2)8-3-5-9(6-4-8)12-13-10/h7-9,11H,3-6H2,1-2H3. The Morgan fingerprint density at radius 2 is 2.00 bits per heavy atom. The van der Waals surface area contributed by atoms with Crippen molar-refractivity contribution < 1.29 is 0 Å². The molecule has 1 fully saturated rings. The van der Waals surface area contributed by atoms with Crippen molar-refractivity contribution >= 4 is 0 Å². The minimum atomic E-state index is 0.255. The zero-order valence-corrected chi connectivity index (χ0v) is 8.40. The third-order valence-corrected chi connectivity index (χ3v) is 3.12. The Morgan fingerprint density at radius 3 is 2.46 bits per heavy atom. The van der Waals surface area contributed by atoms with Gasteiger partial charge in [-0.05, 0) is 51.1 Å². The quantitative estimate of drug-likeness (QED) is 0.407. The molecule has 0 radical (unpaired) electrons. The van der Waals surface area contributed by atoms with Gasteiger partial charge >= 0.3 is 0 Å². The molecule has 0 heterocycles. The van der Waals surface area contributed by atoms with E-state index in [0.717, 1.165) is 18.8 Å². The van der Waals surface area contributed by atoms with Gasteiger partial charge in [0, 0.05) is 17.0 Å². The molecule has 1 saturated carbocycles. The zero-order chi connectivity index (χ0) is 9.68. The number of nitrogens with zero attached hydrogens (tertiary/aromatic N) is 3. The fourth-order valence-corrected chi connectivity index (χ4v) is 2.03. The van der Waals surface area contributed by atoms with E-state index in [1.807, 2.05) is 7.05 Å². The van der Waals surface area contributed by atoms with E-state index in [0.29, 0.717) is 6.04 Å². The summed E-state index contributed by atoms with van der Waals surface area (Å²) in [5, 5.41) is 7.04. The van der Waals surface area contributed by atoms with E-state index in [2.05, 4.69) is 22.3 Å². The van der Waals surface area contributed by atoms with Gasteiger partial charge in [-0.1, -0.05) is 5.11 Å². The molecule has 1 atom stereocenters. The van der Waals surface area contributed by atoms with Crippen molar-refractivity contribution in [3.63, 3.8) is 0 Å². The molecule has 74 valence electrons. The molecule has 0 aromatic heterocycles. The van der Waals surface area contributed by atoms with E-state index in [9.17, 15) is 0 Å². The molecule has 0 amide bonds. The molecular weight excluding hydrogens is 164 g/mol. The molecule has 4 nitrogen and oxygen atoms in total. The normalized spacial score (nSPS) is 30.6. The van der Waals surface area contributed by atoms with Crippen LogP contribution in [0.4, 0.5) is 0 Å². The first-order valence-electron chi connectivity index (χ1n) is 4.99. The van der Waals surface area contributed by atoms with Crippen molar-refractivity contribution in [1.29, 1.82) is 0 Å². The van der Waals surface area contributed by atoms with Crippen LogP contribution < -0.4 is 5.32 Å². The third-order valence-electron chi connectivity index (χ3n) is 3.12. The second-order valence-corrected chi connectivity index (χ2v) is 3.85. The molecule has 1 aliphatic carbocycles. The molecule has 1 N–H and O–H groups in total. The first-order chi connectivity index (χ1) is 6.27. The van der Waals surface area contributed by atoms with Crippen molar-refractivity contribution in [3.8, 4) is 0 Å². The van der Waals surface area contributed by atoms with Crippen LogP contribution >= 0.6 is 0 Å². The molecule has 0 aliphatic heterocycles. The van der Waals surface area contributed by atoms with Crippen molar-refractivity contribution in [2.75, 3.05) is 7.05 Å². The van der Waals surface area contributed by atoms with E-state index in [1.165, 1.54) is 12.8 Å². The van der Waals surface area contributed by atoms with Gasteiger partial charge in [0.15, 0.2) is 0 Å². The molecule has 1 aliphatic rings. The number of hydrogen-bond acceptors (Lipinski definition) is 2. The summed E-state index contributed by atoms with van der Waals surface area (Å²) in [6, 6.07) is 0.845. The van der Waals surface area contributed by atoms with Crippen molar-refractivity contribution in [3.05, 3.63) is 10.4 Å². The van der Waals surface area contributed by atoms with E-state index >= 15 is 0 Å². The van der Waals surface area contributed by atoms with Gasteiger partial charge in [0.1, 0.15) is 0 Å². The lowest BCUT2D eigenvalue weighted by atomic mass is 9.82. The van der Waals surface area contributed by atoms with Crippen LogP contribution in [0.5, 0.6) is 0 Å². The van der Waals surface area contributed by atoms with Crippen LogP contribution in [0.2, 0.25) is 0 Å². The zero-order valence-electron chi connectivity index (χ0n) is 8.40. The molecule has 13 heavy (non-hydrogen) atoms. The van der Waals surface area contributed by atoms with Crippen LogP contribution in [0.3, 0.4) is 0 Å². The fraction of sp³-hybridized carbons (Fsp3) is 1.00. The lowest BCUT2D eigenvalue weighted by Crippen LogP contribution is -2.33. The van der Waals surface area contributed by atoms with Crippen LogP contribution in [0, 0.1) is 5.92 Å². The molecule has 4 heteroatoms.